The average Bonchev–Trinajstić information content (AvgIpc) is 2.38. The lowest BCUT2D eigenvalue weighted by atomic mass is 10.1. The second kappa shape index (κ2) is 5.80. The van der Waals surface area contributed by atoms with Crippen LogP contribution in [-0.2, 0) is 6.42 Å². The van der Waals surface area contributed by atoms with Gasteiger partial charge in [0.15, 0.2) is 5.75 Å². The number of hydrogen-bond donors (Lipinski definition) is 1. The second-order valence-electron chi connectivity index (χ2n) is 4.01. The van der Waals surface area contributed by atoms with Crippen LogP contribution in [0.25, 0.3) is 0 Å². The largest absolute Gasteiger partial charge is 0.455 e. The first-order valence-electron chi connectivity index (χ1n) is 5.72. The Hall–Kier alpha value is -1.26. The van der Waals surface area contributed by atoms with Gasteiger partial charge in [-0.2, -0.15) is 0 Å². The molecule has 2 rings (SSSR count). The van der Waals surface area contributed by atoms with Gasteiger partial charge in [0.05, 0.1) is 10.2 Å². The summed E-state index contributed by atoms with van der Waals surface area (Å²) >= 11 is 9.10. The van der Waals surface area contributed by atoms with Crippen LogP contribution in [0.15, 0.2) is 34.8 Å². The molecule has 0 bridgehead atoms. The molecule has 0 saturated carbocycles. The second-order valence-corrected chi connectivity index (χ2v) is 5.27. The Morgan fingerprint density at radius 2 is 2.05 bits per heavy atom. The summed E-state index contributed by atoms with van der Waals surface area (Å²) in [5, 5.41) is 0.685. The van der Waals surface area contributed by atoms with Crippen LogP contribution in [0.4, 0.5) is 10.1 Å². The molecule has 0 saturated heterocycles. The maximum atomic E-state index is 13.5. The van der Waals surface area contributed by atoms with Gasteiger partial charge in [-0.15, -0.1) is 0 Å². The molecule has 19 heavy (non-hydrogen) atoms. The van der Waals surface area contributed by atoms with E-state index in [1.165, 1.54) is 12.1 Å². The third-order valence-electron chi connectivity index (χ3n) is 2.68. The van der Waals surface area contributed by atoms with E-state index in [-0.39, 0.29) is 5.75 Å². The molecule has 0 heterocycles. The molecule has 0 fully saturated rings. The van der Waals surface area contributed by atoms with Crippen molar-refractivity contribution in [3.05, 3.63) is 51.2 Å². The highest BCUT2D eigenvalue weighted by atomic mass is 79.9. The van der Waals surface area contributed by atoms with Crippen LogP contribution in [0.5, 0.6) is 11.5 Å². The zero-order valence-corrected chi connectivity index (χ0v) is 12.6. The fraction of sp³-hybridized carbons (Fsp3) is 0.143. The van der Waals surface area contributed by atoms with Crippen molar-refractivity contribution in [3.63, 3.8) is 0 Å². The lowest BCUT2D eigenvalue weighted by Crippen LogP contribution is -1.94. The smallest absolute Gasteiger partial charge is 0.153 e. The maximum Gasteiger partial charge on any atom is 0.153 e. The molecule has 0 amide bonds. The summed E-state index contributed by atoms with van der Waals surface area (Å²) in [6.07, 6.45) is 0.792. The molecule has 0 aromatic heterocycles. The molecular formula is C14H12BrClFNO. The van der Waals surface area contributed by atoms with E-state index in [2.05, 4.69) is 15.9 Å². The lowest BCUT2D eigenvalue weighted by molar-refractivity contribution is 0.478. The highest BCUT2D eigenvalue weighted by Crippen LogP contribution is 2.33. The van der Waals surface area contributed by atoms with E-state index in [9.17, 15) is 4.39 Å². The Kier molecular flexibility index (Phi) is 4.32. The van der Waals surface area contributed by atoms with Gasteiger partial charge in [0.25, 0.3) is 0 Å². The Labute approximate surface area is 124 Å². The van der Waals surface area contributed by atoms with Crippen molar-refractivity contribution in [2.75, 3.05) is 5.73 Å². The van der Waals surface area contributed by atoms with Crippen molar-refractivity contribution in [1.82, 2.24) is 0 Å². The Morgan fingerprint density at radius 3 is 2.74 bits per heavy atom. The molecule has 0 aliphatic carbocycles. The van der Waals surface area contributed by atoms with Crippen molar-refractivity contribution in [2.24, 2.45) is 0 Å². The van der Waals surface area contributed by atoms with Gasteiger partial charge in [-0.3, -0.25) is 0 Å². The van der Waals surface area contributed by atoms with Crippen molar-refractivity contribution >= 4 is 33.2 Å². The number of hydrogen-bond acceptors (Lipinski definition) is 2. The van der Waals surface area contributed by atoms with Crippen molar-refractivity contribution in [1.29, 1.82) is 0 Å². The van der Waals surface area contributed by atoms with Crippen LogP contribution in [0, 0.1) is 5.82 Å². The van der Waals surface area contributed by atoms with Gasteiger partial charge in [0, 0.05) is 11.1 Å². The summed E-state index contributed by atoms with van der Waals surface area (Å²) in [7, 11) is 0. The van der Waals surface area contributed by atoms with Crippen LogP contribution in [-0.4, -0.2) is 0 Å². The number of anilines is 1. The monoisotopic (exact) mass is 343 g/mol. The number of ether oxygens (including phenoxy) is 1. The fourth-order valence-corrected chi connectivity index (χ4v) is 2.26. The molecule has 0 unspecified atom stereocenters. The minimum atomic E-state index is -0.422. The zero-order valence-electron chi connectivity index (χ0n) is 10.2. The van der Waals surface area contributed by atoms with Crippen LogP contribution in [0.3, 0.4) is 0 Å². The van der Waals surface area contributed by atoms with Gasteiger partial charge in [-0.25, -0.2) is 4.39 Å². The van der Waals surface area contributed by atoms with Gasteiger partial charge >= 0.3 is 0 Å². The van der Waals surface area contributed by atoms with Gasteiger partial charge < -0.3 is 10.5 Å². The number of benzene rings is 2. The molecule has 0 atom stereocenters. The van der Waals surface area contributed by atoms with E-state index < -0.39 is 5.82 Å². The topological polar surface area (TPSA) is 35.2 Å². The number of rotatable bonds is 3. The quantitative estimate of drug-likeness (QED) is 0.779. The van der Waals surface area contributed by atoms with Crippen LogP contribution < -0.4 is 10.5 Å². The van der Waals surface area contributed by atoms with E-state index in [4.69, 9.17) is 22.1 Å². The summed E-state index contributed by atoms with van der Waals surface area (Å²) in [6, 6.07) is 8.02. The van der Waals surface area contributed by atoms with E-state index >= 15 is 0 Å². The van der Waals surface area contributed by atoms with Crippen LogP contribution in [0.2, 0.25) is 5.02 Å². The molecule has 5 heteroatoms. The third-order valence-corrected chi connectivity index (χ3v) is 3.66. The Bertz CT molecular complexity index is 619. The number of nitrogens with two attached hydrogens (primary N) is 1. The summed E-state index contributed by atoms with van der Waals surface area (Å²) in [5.74, 6) is 0.439. The fourth-order valence-electron chi connectivity index (χ4n) is 1.64. The maximum absolute atomic E-state index is 13.5. The van der Waals surface area contributed by atoms with E-state index in [0.29, 0.717) is 20.9 Å². The molecule has 2 aromatic rings. The van der Waals surface area contributed by atoms with E-state index in [1.807, 2.05) is 13.0 Å². The standard InChI is InChI=1S/C14H12BrClFNO/c1-2-8-5-9(3-4-11(8)16)19-14-7-12(17)10(15)6-13(14)18/h3-7H,2,18H2,1H3. The zero-order chi connectivity index (χ0) is 14.0. The van der Waals surface area contributed by atoms with Crippen molar-refractivity contribution < 1.29 is 9.13 Å². The summed E-state index contributed by atoms with van der Waals surface area (Å²) < 4.78 is 19.4. The first kappa shape index (κ1) is 14.2. The minimum Gasteiger partial charge on any atom is -0.455 e. The predicted molar refractivity (Wildman–Crippen MR) is 79.4 cm³/mol. The molecule has 0 radical (unpaired) electrons. The van der Waals surface area contributed by atoms with E-state index in [0.717, 1.165) is 12.0 Å². The van der Waals surface area contributed by atoms with Crippen LogP contribution >= 0.6 is 27.5 Å². The summed E-state index contributed by atoms with van der Waals surface area (Å²) in [5.41, 5.74) is 7.12. The molecular weight excluding hydrogens is 333 g/mol. The molecule has 2 nitrogen and oxygen atoms in total. The average molecular weight is 345 g/mol. The normalized spacial score (nSPS) is 10.5. The molecule has 0 spiro atoms. The predicted octanol–water partition coefficient (Wildman–Crippen LogP) is 5.18. The van der Waals surface area contributed by atoms with Gasteiger partial charge in [-0.1, -0.05) is 18.5 Å². The first-order valence-corrected chi connectivity index (χ1v) is 6.89. The minimum absolute atomic E-state index is 0.282. The molecule has 0 aliphatic heterocycles. The number of nitrogen functional groups attached to an aromatic ring is 1. The van der Waals surface area contributed by atoms with E-state index in [1.54, 1.807) is 12.1 Å². The Balaban J connectivity index is 2.33. The first-order chi connectivity index (χ1) is 9.01. The Morgan fingerprint density at radius 1 is 1.32 bits per heavy atom. The SMILES string of the molecule is CCc1cc(Oc2cc(F)c(Br)cc2N)ccc1Cl. The highest BCUT2D eigenvalue weighted by molar-refractivity contribution is 9.10. The van der Waals surface area contributed by atoms with Gasteiger partial charge in [0.2, 0.25) is 0 Å². The lowest BCUT2D eigenvalue weighted by Gasteiger charge is -2.11. The van der Waals surface area contributed by atoms with Gasteiger partial charge in [-0.05, 0) is 52.2 Å². The third kappa shape index (κ3) is 3.19. The van der Waals surface area contributed by atoms with Gasteiger partial charge in [0.1, 0.15) is 11.6 Å². The molecule has 2 N–H and O–H groups in total. The summed E-state index contributed by atoms with van der Waals surface area (Å²) in [6.45, 7) is 2.00. The van der Waals surface area contributed by atoms with Crippen LogP contribution in [0.1, 0.15) is 12.5 Å². The number of aryl methyl sites for hydroxylation is 1. The molecule has 100 valence electrons. The van der Waals surface area contributed by atoms with Crippen molar-refractivity contribution in [3.8, 4) is 11.5 Å². The summed E-state index contributed by atoms with van der Waals surface area (Å²) in [4.78, 5) is 0. The van der Waals surface area contributed by atoms with Crippen molar-refractivity contribution in [2.45, 2.75) is 13.3 Å². The molecule has 0 aliphatic rings. The molecule has 2 aromatic carbocycles. The highest BCUT2D eigenvalue weighted by Gasteiger charge is 2.09. The number of halogens is 3.